The number of hydrogen-bond donors (Lipinski definition) is 0. The smallest absolute Gasteiger partial charge is 0.258 e. The molecular formula is C10H7N3O. The molecule has 1 aliphatic carbocycles. The van der Waals surface area contributed by atoms with Crippen molar-refractivity contribution in [3.63, 3.8) is 0 Å². The maximum atomic E-state index is 8.74. The van der Waals surface area contributed by atoms with Gasteiger partial charge in [0.15, 0.2) is 0 Å². The second kappa shape index (κ2) is 2.55. The number of nitrogens with zero attached hydrogens (tertiary/aromatic N) is 3. The third kappa shape index (κ3) is 0.990. The van der Waals surface area contributed by atoms with Crippen LogP contribution in [0.2, 0.25) is 0 Å². The minimum absolute atomic E-state index is 0.520. The number of aromatic nitrogens is 2. The molecule has 0 amide bonds. The standard InChI is InChI=1S/C10H7N3O/c11-4-6-3-8-9(7-1-2-7)13-14-10(8)12-5-6/h3,5,7H,1-2H2. The molecule has 0 aliphatic heterocycles. The summed E-state index contributed by atoms with van der Waals surface area (Å²) in [5, 5.41) is 13.6. The summed E-state index contributed by atoms with van der Waals surface area (Å²) in [7, 11) is 0. The van der Waals surface area contributed by atoms with E-state index in [-0.39, 0.29) is 0 Å². The molecule has 14 heavy (non-hydrogen) atoms. The van der Waals surface area contributed by atoms with Gasteiger partial charge in [-0.25, -0.2) is 4.98 Å². The highest BCUT2D eigenvalue weighted by Crippen LogP contribution is 2.42. The summed E-state index contributed by atoms with van der Waals surface area (Å²) in [4.78, 5) is 4.03. The first-order chi connectivity index (χ1) is 6.88. The number of hydrogen-bond acceptors (Lipinski definition) is 4. The Labute approximate surface area is 80.1 Å². The van der Waals surface area contributed by atoms with Gasteiger partial charge in [-0.1, -0.05) is 5.16 Å². The lowest BCUT2D eigenvalue weighted by Gasteiger charge is -1.90. The number of pyridine rings is 1. The molecule has 2 heterocycles. The zero-order valence-electron chi connectivity index (χ0n) is 7.40. The molecular weight excluding hydrogens is 178 g/mol. The summed E-state index contributed by atoms with van der Waals surface area (Å²) in [6.45, 7) is 0. The van der Waals surface area contributed by atoms with Crippen molar-refractivity contribution < 1.29 is 4.52 Å². The van der Waals surface area contributed by atoms with Crippen LogP contribution in [0.4, 0.5) is 0 Å². The van der Waals surface area contributed by atoms with E-state index in [4.69, 9.17) is 9.78 Å². The van der Waals surface area contributed by atoms with Gasteiger partial charge in [0.2, 0.25) is 0 Å². The normalized spacial score (nSPS) is 15.6. The third-order valence-electron chi connectivity index (χ3n) is 2.45. The van der Waals surface area contributed by atoms with Crippen LogP contribution in [0.3, 0.4) is 0 Å². The van der Waals surface area contributed by atoms with Gasteiger partial charge in [-0.15, -0.1) is 0 Å². The molecule has 1 fully saturated rings. The second-order valence-electron chi connectivity index (χ2n) is 3.53. The Morgan fingerprint density at radius 1 is 1.50 bits per heavy atom. The molecule has 4 nitrogen and oxygen atoms in total. The molecule has 0 aromatic carbocycles. The summed E-state index contributed by atoms with van der Waals surface area (Å²) < 4.78 is 5.08. The van der Waals surface area contributed by atoms with Crippen molar-refractivity contribution >= 4 is 11.1 Å². The molecule has 0 saturated heterocycles. The van der Waals surface area contributed by atoms with Gasteiger partial charge in [-0.05, 0) is 18.9 Å². The van der Waals surface area contributed by atoms with E-state index in [1.165, 1.54) is 19.0 Å². The predicted octanol–water partition coefficient (Wildman–Crippen LogP) is 1.97. The van der Waals surface area contributed by atoms with Gasteiger partial charge >= 0.3 is 0 Å². The maximum absolute atomic E-state index is 8.74. The van der Waals surface area contributed by atoms with E-state index < -0.39 is 0 Å². The lowest BCUT2D eigenvalue weighted by atomic mass is 10.1. The number of nitriles is 1. The van der Waals surface area contributed by atoms with Crippen LogP contribution in [0.15, 0.2) is 16.8 Å². The molecule has 1 aliphatic rings. The molecule has 68 valence electrons. The summed E-state index contributed by atoms with van der Waals surface area (Å²) in [6, 6.07) is 3.86. The zero-order chi connectivity index (χ0) is 9.54. The van der Waals surface area contributed by atoms with Crippen molar-refractivity contribution in [1.82, 2.24) is 10.1 Å². The van der Waals surface area contributed by atoms with E-state index in [9.17, 15) is 0 Å². The summed E-state index contributed by atoms with van der Waals surface area (Å²) in [5.41, 5.74) is 2.05. The highest BCUT2D eigenvalue weighted by Gasteiger charge is 2.29. The number of fused-ring (bicyclic) bond motifs is 1. The monoisotopic (exact) mass is 185 g/mol. The van der Waals surface area contributed by atoms with Crippen LogP contribution in [0.1, 0.15) is 30.0 Å². The van der Waals surface area contributed by atoms with E-state index >= 15 is 0 Å². The molecule has 1 saturated carbocycles. The number of rotatable bonds is 1. The van der Waals surface area contributed by atoms with Crippen molar-refractivity contribution in [3.05, 3.63) is 23.5 Å². The van der Waals surface area contributed by atoms with E-state index in [0.29, 0.717) is 17.2 Å². The van der Waals surface area contributed by atoms with Crippen LogP contribution in [-0.2, 0) is 0 Å². The lowest BCUT2D eigenvalue weighted by molar-refractivity contribution is 0.439. The van der Waals surface area contributed by atoms with Gasteiger partial charge in [0.25, 0.3) is 5.71 Å². The molecule has 0 N–H and O–H groups in total. The molecule has 0 radical (unpaired) electrons. The fourth-order valence-corrected chi connectivity index (χ4v) is 1.56. The minimum atomic E-state index is 0.520. The van der Waals surface area contributed by atoms with Crippen LogP contribution >= 0.6 is 0 Å². The Balaban J connectivity index is 2.27. The average Bonchev–Trinajstić information content (AvgIpc) is 2.98. The van der Waals surface area contributed by atoms with Crippen molar-refractivity contribution in [3.8, 4) is 6.07 Å². The fraction of sp³-hybridized carbons (Fsp3) is 0.300. The van der Waals surface area contributed by atoms with E-state index in [1.807, 2.05) is 0 Å². The van der Waals surface area contributed by atoms with E-state index in [0.717, 1.165) is 11.1 Å². The summed E-state index contributed by atoms with van der Waals surface area (Å²) >= 11 is 0. The van der Waals surface area contributed by atoms with Crippen LogP contribution in [0, 0.1) is 11.3 Å². The van der Waals surface area contributed by atoms with E-state index in [1.54, 1.807) is 6.07 Å². The molecule has 0 bridgehead atoms. The average molecular weight is 185 g/mol. The topological polar surface area (TPSA) is 62.7 Å². The van der Waals surface area contributed by atoms with E-state index in [2.05, 4.69) is 16.2 Å². The zero-order valence-corrected chi connectivity index (χ0v) is 7.40. The second-order valence-corrected chi connectivity index (χ2v) is 3.53. The Kier molecular flexibility index (Phi) is 1.37. The van der Waals surface area contributed by atoms with Crippen molar-refractivity contribution in [2.24, 2.45) is 0 Å². The van der Waals surface area contributed by atoms with Gasteiger partial charge in [0.1, 0.15) is 6.07 Å². The Morgan fingerprint density at radius 3 is 3.07 bits per heavy atom. The summed E-state index contributed by atoms with van der Waals surface area (Å²) in [6.07, 6.45) is 3.83. The first kappa shape index (κ1) is 7.51. The van der Waals surface area contributed by atoms with Gasteiger partial charge in [0.05, 0.1) is 16.6 Å². The molecule has 2 aromatic heterocycles. The molecule has 3 rings (SSSR count). The Hall–Kier alpha value is -1.89. The Morgan fingerprint density at radius 2 is 2.36 bits per heavy atom. The molecule has 0 atom stereocenters. The summed E-state index contributed by atoms with van der Waals surface area (Å²) in [5.74, 6) is 0.520. The van der Waals surface area contributed by atoms with Gasteiger partial charge in [-0.2, -0.15) is 5.26 Å². The van der Waals surface area contributed by atoms with Crippen LogP contribution in [0.25, 0.3) is 11.1 Å². The predicted molar refractivity (Wildman–Crippen MR) is 48.5 cm³/mol. The molecule has 4 heteroatoms. The van der Waals surface area contributed by atoms with Crippen molar-refractivity contribution in [2.45, 2.75) is 18.8 Å². The van der Waals surface area contributed by atoms with Gasteiger partial charge in [0, 0.05) is 12.1 Å². The van der Waals surface area contributed by atoms with Crippen molar-refractivity contribution in [2.75, 3.05) is 0 Å². The minimum Gasteiger partial charge on any atom is -0.336 e. The quantitative estimate of drug-likeness (QED) is 0.681. The molecule has 0 unspecified atom stereocenters. The van der Waals surface area contributed by atoms with Crippen LogP contribution in [-0.4, -0.2) is 10.1 Å². The highest BCUT2D eigenvalue weighted by molar-refractivity contribution is 5.78. The highest BCUT2D eigenvalue weighted by atomic mass is 16.5. The largest absolute Gasteiger partial charge is 0.336 e. The fourth-order valence-electron chi connectivity index (χ4n) is 1.56. The third-order valence-corrected chi connectivity index (χ3v) is 2.45. The first-order valence-electron chi connectivity index (χ1n) is 4.54. The Bertz CT molecular complexity index is 534. The lowest BCUT2D eigenvalue weighted by Crippen LogP contribution is -1.82. The van der Waals surface area contributed by atoms with Crippen molar-refractivity contribution in [1.29, 1.82) is 5.26 Å². The van der Waals surface area contributed by atoms with Crippen LogP contribution in [0.5, 0.6) is 0 Å². The maximum Gasteiger partial charge on any atom is 0.258 e. The molecule has 0 spiro atoms. The van der Waals surface area contributed by atoms with Crippen LogP contribution < -0.4 is 0 Å². The molecule has 2 aromatic rings. The SMILES string of the molecule is N#Cc1cnc2onc(C3CC3)c2c1. The van der Waals surface area contributed by atoms with Gasteiger partial charge < -0.3 is 4.52 Å². The van der Waals surface area contributed by atoms with Gasteiger partial charge in [-0.3, -0.25) is 0 Å². The first-order valence-corrected chi connectivity index (χ1v) is 4.54.